The van der Waals surface area contributed by atoms with Crippen molar-refractivity contribution in [3.05, 3.63) is 28.8 Å². The Balaban J connectivity index is 2.33. The molecule has 1 fully saturated rings. The summed E-state index contributed by atoms with van der Waals surface area (Å²) in [5.41, 5.74) is 3.78. The molecule has 1 saturated heterocycles. The SMILES string of the molecule is Cc1cc(O)cc(C)c1[C@@H]1CCCCN1. The number of rotatable bonds is 1. The average Bonchev–Trinajstić information content (AvgIpc) is 2.17. The molecule has 0 aromatic heterocycles. The number of benzene rings is 1. The van der Waals surface area contributed by atoms with E-state index >= 15 is 0 Å². The third-order valence-corrected chi connectivity index (χ3v) is 3.24. The molecule has 0 aliphatic carbocycles. The monoisotopic (exact) mass is 205 g/mol. The molecular weight excluding hydrogens is 186 g/mol. The molecule has 1 aromatic rings. The minimum Gasteiger partial charge on any atom is -0.508 e. The fraction of sp³-hybridized carbons (Fsp3) is 0.538. The quantitative estimate of drug-likeness (QED) is 0.739. The zero-order chi connectivity index (χ0) is 10.8. The summed E-state index contributed by atoms with van der Waals surface area (Å²) in [7, 11) is 0. The molecule has 1 aromatic carbocycles. The summed E-state index contributed by atoms with van der Waals surface area (Å²) in [5, 5.41) is 13.1. The molecule has 15 heavy (non-hydrogen) atoms. The Bertz CT molecular complexity index is 331. The van der Waals surface area contributed by atoms with Gasteiger partial charge in [-0.25, -0.2) is 0 Å². The smallest absolute Gasteiger partial charge is 0.116 e. The van der Waals surface area contributed by atoms with Crippen molar-refractivity contribution in [1.82, 2.24) is 5.32 Å². The van der Waals surface area contributed by atoms with E-state index in [-0.39, 0.29) is 0 Å². The van der Waals surface area contributed by atoms with Crippen molar-refractivity contribution >= 4 is 0 Å². The second-order valence-electron chi connectivity index (χ2n) is 4.50. The van der Waals surface area contributed by atoms with E-state index in [1.54, 1.807) is 0 Å². The van der Waals surface area contributed by atoms with Gasteiger partial charge in [0, 0.05) is 6.04 Å². The molecule has 0 unspecified atom stereocenters. The molecule has 0 radical (unpaired) electrons. The Morgan fingerprint density at radius 3 is 2.40 bits per heavy atom. The zero-order valence-corrected chi connectivity index (χ0v) is 9.51. The fourth-order valence-corrected chi connectivity index (χ4v) is 2.60. The predicted molar refractivity (Wildman–Crippen MR) is 62.2 cm³/mol. The molecule has 0 bridgehead atoms. The second kappa shape index (κ2) is 4.23. The van der Waals surface area contributed by atoms with Crippen molar-refractivity contribution in [1.29, 1.82) is 0 Å². The van der Waals surface area contributed by atoms with E-state index in [1.165, 1.54) is 36.0 Å². The summed E-state index contributed by atoms with van der Waals surface area (Å²) in [6.45, 7) is 5.28. The van der Waals surface area contributed by atoms with Crippen molar-refractivity contribution in [3.63, 3.8) is 0 Å². The summed E-state index contributed by atoms with van der Waals surface area (Å²) in [4.78, 5) is 0. The first-order valence-electron chi connectivity index (χ1n) is 5.72. The van der Waals surface area contributed by atoms with Crippen molar-refractivity contribution in [2.75, 3.05) is 6.54 Å². The lowest BCUT2D eigenvalue weighted by Gasteiger charge is -2.27. The highest BCUT2D eigenvalue weighted by molar-refractivity contribution is 5.42. The van der Waals surface area contributed by atoms with Crippen LogP contribution in [0.15, 0.2) is 12.1 Å². The molecule has 1 aliphatic heterocycles. The van der Waals surface area contributed by atoms with Gasteiger partial charge in [0.05, 0.1) is 0 Å². The summed E-state index contributed by atoms with van der Waals surface area (Å²) in [6.07, 6.45) is 3.80. The Morgan fingerprint density at radius 2 is 1.87 bits per heavy atom. The van der Waals surface area contributed by atoms with Gasteiger partial charge < -0.3 is 10.4 Å². The molecule has 1 heterocycles. The number of piperidine rings is 1. The van der Waals surface area contributed by atoms with Crippen LogP contribution in [-0.4, -0.2) is 11.7 Å². The fourth-order valence-electron chi connectivity index (χ4n) is 2.60. The molecule has 2 nitrogen and oxygen atoms in total. The van der Waals surface area contributed by atoms with E-state index in [9.17, 15) is 5.11 Å². The summed E-state index contributed by atoms with van der Waals surface area (Å²) >= 11 is 0. The maximum absolute atomic E-state index is 9.50. The van der Waals surface area contributed by atoms with Gasteiger partial charge in [0.1, 0.15) is 5.75 Å². The van der Waals surface area contributed by atoms with Crippen molar-refractivity contribution in [2.24, 2.45) is 0 Å². The van der Waals surface area contributed by atoms with Crippen molar-refractivity contribution in [2.45, 2.75) is 39.2 Å². The first kappa shape index (κ1) is 10.5. The minimum absolute atomic E-state index is 0.379. The van der Waals surface area contributed by atoms with Crippen LogP contribution in [0.4, 0.5) is 0 Å². The molecule has 2 rings (SSSR count). The van der Waals surface area contributed by atoms with E-state index in [1.807, 2.05) is 12.1 Å². The van der Waals surface area contributed by atoms with Gasteiger partial charge in [-0.2, -0.15) is 0 Å². The van der Waals surface area contributed by atoms with Gasteiger partial charge in [-0.3, -0.25) is 0 Å². The maximum atomic E-state index is 9.50. The number of hydrogen-bond acceptors (Lipinski definition) is 2. The number of aryl methyl sites for hydroxylation is 2. The molecular formula is C13H19NO. The van der Waals surface area contributed by atoms with E-state index in [0.717, 1.165) is 6.54 Å². The van der Waals surface area contributed by atoms with Gasteiger partial charge in [0.15, 0.2) is 0 Å². The molecule has 0 spiro atoms. The van der Waals surface area contributed by atoms with Gasteiger partial charge in [0.25, 0.3) is 0 Å². The van der Waals surface area contributed by atoms with Gasteiger partial charge in [-0.1, -0.05) is 6.42 Å². The predicted octanol–water partition coefficient (Wildman–Crippen LogP) is 2.82. The Morgan fingerprint density at radius 1 is 1.20 bits per heavy atom. The molecule has 2 heteroatoms. The highest BCUT2D eigenvalue weighted by Gasteiger charge is 2.18. The largest absolute Gasteiger partial charge is 0.508 e. The van der Waals surface area contributed by atoms with Gasteiger partial charge in [-0.05, 0) is 62.1 Å². The van der Waals surface area contributed by atoms with Crippen LogP contribution in [-0.2, 0) is 0 Å². The first-order valence-corrected chi connectivity index (χ1v) is 5.72. The topological polar surface area (TPSA) is 32.3 Å². The standard InChI is InChI=1S/C13H19NO/c1-9-7-11(15)8-10(2)13(9)12-5-3-4-6-14-12/h7-8,12,14-15H,3-6H2,1-2H3/t12-/m0/s1. The summed E-state index contributed by atoms with van der Waals surface area (Å²) < 4.78 is 0. The van der Waals surface area contributed by atoms with E-state index < -0.39 is 0 Å². The third kappa shape index (κ3) is 2.15. The Labute approximate surface area is 91.3 Å². The summed E-state index contributed by atoms with van der Waals surface area (Å²) in [6, 6.07) is 4.20. The van der Waals surface area contributed by atoms with Crippen LogP contribution >= 0.6 is 0 Å². The van der Waals surface area contributed by atoms with Crippen LogP contribution in [0.3, 0.4) is 0 Å². The normalized spacial score (nSPS) is 21.6. The molecule has 2 N–H and O–H groups in total. The number of nitrogens with one attached hydrogen (secondary N) is 1. The lowest BCUT2D eigenvalue weighted by molar-refractivity contribution is 0.408. The number of phenolic OH excluding ortho intramolecular Hbond substituents is 1. The van der Waals surface area contributed by atoms with E-state index in [2.05, 4.69) is 19.2 Å². The number of phenols is 1. The van der Waals surface area contributed by atoms with Crippen molar-refractivity contribution in [3.8, 4) is 5.75 Å². The lowest BCUT2D eigenvalue weighted by atomic mass is 9.90. The molecule has 0 saturated carbocycles. The minimum atomic E-state index is 0.379. The van der Waals surface area contributed by atoms with Crippen LogP contribution < -0.4 is 5.32 Å². The highest BCUT2D eigenvalue weighted by atomic mass is 16.3. The van der Waals surface area contributed by atoms with Gasteiger partial charge in [-0.15, -0.1) is 0 Å². The Kier molecular flexibility index (Phi) is 2.96. The van der Waals surface area contributed by atoms with Gasteiger partial charge >= 0.3 is 0 Å². The van der Waals surface area contributed by atoms with Crippen LogP contribution in [0, 0.1) is 13.8 Å². The lowest BCUT2D eigenvalue weighted by Crippen LogP contribution is -2.27. The number of aromatic hydroxyl groups is 1. The molecule has 0 amide bonds. The summed E-state index contributed by atoms with van der Waals surface area (Å²) in [5.74, 6) is 0.379. The van der Waals surface area contributed by atoms with Crippen LogP contribution in [0.25, 0.3) is 0 Å². The number of hydrogen-bond donors (Lipinski definition) is 2. The van der Waals surface area contributed by atoms with Crippen LogP contribution in [0.5, 0.6) is 5.75 Å². The molecule has 1 aliphatic rings. The van der Waals surface area contributed by atoms with E-state index in [4.69, 9.17) is 0 Å². The van der Waals surface area contributed by atoms with Crippen LogP contribution in [0.2, 0.25) is 0 Å². The van der Waals surface area contributed by atoms with E-state index in [0.29, 0.717) is 11.8 Å². The van der Waals surface area contributed by atoms with Gasteiger partial charge in [0.2, 0.25) is 0 Å². The van der Waals surface area contributed by atoms with Crippen LogP contribution in [0.1, 0.15) is 42.0 Å². The maximum Gasteiger partial charge on any atom is 0.116 e. The molecule has 82 valence electrons. The third-order valence-electron chi connectivity index (χ3n) is 3.24. The Hall–Kier alpha value is -1.02. The zero-order valence-electron chi connectivity index (χ0n) is 9.51. The first-order chi connectivity index (χ1) is 7.18. The second-order valence-corrected chi connectivity index (χ2v) is 4.50. The van der Waals surface area contributed by atoms with Crippen molar-refractivity contribution < 1.29 is 5.11 Å². The average molecular weight is 205 g/mol. The molecule has 1 atom stereocenters. The highest BCUT2D eigenvalue weighted by Crippen LogP contribution is 2.30.